The molecule has 9 heteroatoms. The van der Waals surface area contributed by atoms with Crippen molar-refractivity contribution in [2.75, 3.05) is 6.61 Å². The Bertz CT molecular complexity index is 544. The Hall–Kier alpha value is -1.01. The molecule has 5 atom stereocenters. The Labute approximate surface area is 131 Å². The van der Waals surface area contributed by atoms with E-state index in [9.17, 15) is 15.3 Å². The van der Waals surface area contributed by atoms with E-state index < -0.39 is 36.3 Å². The van der Waals surface area contributed by atoms with Crippen LogP contribution in [0.1, 0.15) is 6.92 Å². The quantitative estimate of drug-likeness (QED) is 0.384. The van der Waals surface area contributed by atoms with Crippen LogP contribution >= 0.6 is 23.2 Å². The summed E-state index contributed by atoms with van der Waals surface area (Å²) in [5.41, 5.74) is 6.08. The lowest BCUT2D eigenvalue weighted by Crippen LogP contribution is -2.54. The third kappa shape index (κ3) is 2.71. The fourth-order valence-electron chi connectivity index (χ4n) is 2.38. The van der Waals surface area contributed by atoms with Gasteiger partial charge in [0.1, 0.15) is 18.0 Å². The fraction of sp³-hybridized carbons (Fsp3) is 0.583. The standard InChI is InChI=1S/C12H15Cl2N3O4/c1-6-4-8(15)16-11(20)17(6)10-12(14,2-3-13)9(19)7(5-18)21-10/h4,7,9-11,18-20H,5H2,1H3,(H2,15,16)/t7-,9+,10-,11?,12?/m1/s1. The lowest BCUT2D eigenvalue weighted by Gasteiger charge is -2.39. The van der Waals surface area contributed by atoms with Crippen molar-refractivity contribution >= 4 is 29.0 Å². The first-order valence-electron chi connectivity index (χ1n) is 6.09. The van der Waals surface area contributed by atoms with Gasteiger partial charge in [0.25, 0.3) is 0 Å². The number of aliphatic hydroxyl groups is 3. The topological polar surface area (TPSA) is 112 Å². The first-order valence-corrected chi connectivity index (χ1v) is 6.84. The molecule has 0 aromatic rings. The summed E-state index contributed by atoms with van der Waals surface area (Å²) in [7, 11) is 0. The number of aliphatic imine (C=N–C) groups is 1. The second kappa shape index (κ2) is 6.01. The molecule has 1 saturated heterocycles. The number of rotatable bonds is 2. The van der Waals surface area contributed by atoms with E-state index in [-0.39, 0.29) is 5.84 Å². The number of nitrogens with two attached hydrogens (primary N) is 1. The summed E-state index contributed by atoms with van der Waals surface area (Å²) in [4.78, 5) is 3.47. The first kappa shape index (κ1) is 16.4. The first-order chi connectivity index (χ1) is 9.85. The van der Waals surface area contributed by atoms with Crippen LogP contribution in [0.2, 0.25) is 0 Å². The molecule has 0 radical (unpaired) electrons. The van der Waals surface area contributed by atoms with Crippen molar-refractivity contribution in [3.05, 3.63) is 11.8 Å². The molecule has 0 saturated carbocycles. The summed E-state index contributed by atoms with van der Waals surface area (Å²) in [6.07, 6.45) is -3.17. The van der Waals surface area contributed by atoms with E-state index in [0.717, 1.165) is 0 Å². The van der Waals surface area contributed by atoms with Crippen molar-refractivity contribution in [2.24, 2.45) is 10.7 Å². The van der Waals surface area contributed by atoms with Crippen LogP contribution in [0.4, 0.5) is 0 Å². The SMILES string of the molecule is CC1=CC(N)=NC(O)N1[C@@H]1O[C@H](CO)[C@H](O)C1(Cl)C#CCl. The van der Waals surface area contributed by atoms with Crippen molar-refractivity contribution in [1.29, 1.82) is 0 Å². The summed E-state index contributed by atoms with van der Waals surface area (Å²) < 4.78 is 5.53. The highest BCUT2D eigenvalue weighted by molar-refractivity contribution is 6.32. The smallest absolute Gasteiger partial charge is 0.229 e. The van der Waals surface area contributed by atoms with E-state index in [1.54, 1.807) is 6.92 Å². The molecule has 2 unspecified atom stereocenters. The molecule has 21 heavy (non-hydrogen) atoms. The van der Waals surface area contributed by atoms with Gasteiger partial charge in [-0.1, -0.05) is 17.5 Å². The molecule has 0 bridgehead atoms. The van der Waals surface area contributed by atoms with Crippen LogP contribution in [0.3, 0.4) is 0 Å². The summed E-state index contributed by atoms with van der Waals surface area (Å²) in [6.45, 7) is 1.20. The van der Waals surface area contributed by atoms with Gasteiger partial charge in [0.2, 0.25) is 6.35 Å². The highest BCUT2D eigenvalue weighted by Gasteiger charge is 2.58. The second-order valence-electron chi connectivity index (χ2n) is 4.74. The number of allylic oxidation sites excluding steroid dienone is 1. The Kier molecular flexibility index (Phi) is 4.68. The third-order valence-corrected chi connectivity index (χ3v) is 3.99. The van der Waals surface area contributed by atoms with E-state index in [4.69, 9.17) is 33.7 Å². The maximum absolute atomic E-state index is 10.2. The van der Waals surface area contributed by atoms with Crippen LogP contribution in [0.15, 0.2) is 16.8 Å². The molecule has 0 aromatic heterocycles. The molecular weight excluding hydrogens is 321 g/mol. The zero-order valence-electron chi connectivity index (χ0n) is 11.1. The number of hydrogen-bond acceptors (Lipinski definition) is 7. The largest absolute Gasteiger partial charge is 0.394 e. The van der Waals surface area contributed by atoms with E-state index >= 15 is 0 Å². The van der Waals surface area contributed by atoms with Gasteiger partial charge in [-0.25, -0.2) is 4.99 Å². The molecule has 7 nitrogen and oxygen atoms in total. The number of hydrogen-bond donors (Lipinski definition) is 4. The molecule has 116 valence electrons. The zero-order chi connectivity index (χ0) is 15.8. The fourth-order valence-corrected chi connectivity index (χ4v) is 2.93. The van der Waals surface area contributed by atoms with Crippen LogP contribution in [0.5, 0.6) is 0 Å². The van der Waals surface area contributed by atoms with Crippen LogP contribution in [-0.4, -0.2) is 62.3 Å². The number of amidine groups is 1. The van der Waals surface area contributed by atoms with E-state index in [1.165, 1.54) is 11.0 Å². The Morgan fingerprint density at radius 1 is 1.57 bits per heavy atom. The summed E-state index contributed by atoms with van der Waals surface area (Å²) in [5.74, 6) is 2.62. The number of nitrogens with zero attached hydrogens (tertiary/aromatic N) is 2. The molecule has 0 aliphatic carbocycles. The van der Waals surface area contributed by atoms with Crippen molar-refractivity contribution in [3.63, 3.8) is 0 Å². The minimum Gasteiger partial charge on any atom is -0.394 e. The van der Waals surface area contributed by atoms with Crippen molar-refractivity contribution in [1.82, 2.24) is 4.90 Å². The van der Waals surface area contributed by atoms with Gasteiger partial charge >= 0.3 is 0 Å². The molecule has 2 heterocycles. The summed E-state index contributed by atoms with van der Waals surface area (Å²) >= 11 is 11.8. The zero-order valence-corrected chi connectivity index (χ0v) is 12.6. The molecule has 5 N–H and O–H groups in total. The van der Waals surface area contributed by atoms with Crippen LogP contribution < -0.4 is 5.73 Å². The highest BCUT2D eigenvalue weighted by atomic mass is 35.5. The lowest BCUT2D eigenvalue weighted by molar-refractivity contribution is -0.118. The van der Waals surface area contributed by atoms with Gasteiger partial charge in [0.15, 0.2) is 11.1 Å². The van der Waals surface area contributed by atoms with Gasteiger partial charge in [0.05, 0.1) is 6.61 Å². The summed E-state index contributed by atoms with van der Waals surface area (Å²) in [5, 5.41) is 31.6. The monoisotopic (exact) mass is 335 g/mol. The molecule has 2 aliphatic rings. The van der Waals surface area contributed by atoms with Gasteiger partial charge in [-0.3, -0.25) is 0 Å². The van der Waals surface area contributed by atoms with Gasteiger partial charge in [-0.2, -0.15) is 0 Å². The molecule has 0 amide bonds. The predicted octanol–water partition coefficient (Wildman–Crippen LogP) is -0.906. The average molecular weight is 336 g/mol. The van der Waals surface area contributed by atoms with Gasteiger partial charge < -0.3 is 30.7 Å². The minimum atomic E-state index is -1.63. The van der Waals surface area contributed by atoms with E-state index in [0.29, 0.717) is 5.70 Å². The van der Waals surface area contributed by atoms with Gasteiger partial charge in [-0.15, -0.1) is 0 Å². The maximum Gasteiger partial charge on any atom is 0.229 e. The minimum absolute atomic E-state index is 0.150. The Balaban J connectivity index is 2.41. The summed E-state index contributed by atoms with van der Waals surface area (Å²) in [6, 6.07) is 0. The molecule has 1 fully saturated rings. The van der Waals surface area contributed by atoms with Gasteiger partial charge in [0, 0.05) is 11.1 Å². The molecular formula is C12H15Cl2N3O4. The van der Waals surface area contributed by atoms with E-state index in [2.05, 4.69) is 16.3 Å². The van der Waals surface area contributed by atoms with Crippen molar-refractivity contribution in [3.8, 4) is 11.3 Å². The Morgan fingerprint density at radius 3 is 2.76 bits per heavy atom. The van der Waals surface area contributed by atoms with E-state index in [1.807, 2.05) is 0 Å². The molecule has 2 aliphatic heterocycles. The second-order valence-corrected chi connectivity index (χ2v) is 5.55. The average Bonchev–Trinajstić information content (AvgIpc) is 2.63. The highest BCUT2D eigenvalue weighted by Crippen LogP contribution is 2.40. The number of aliphatic hydroxyl groups excluding tert-OH is 3. The molecule has 0 aromatic carbocycles. The maximum atomic E-state index is 10.2. The normalized spacial score (nSPS) is 39.4. The molecule has 2 rings (SSSR count). The Morgan fingerprint density at radius 2 is 2.24 bits per heavy atom. The third-order valence-electron chi connectivity index (χ3n) is 3.39. The predicted molar refractivity (Wildman–Crippen MR) is 77.2 cm³/mol. The van der Waals surface area contributed by atoms with Crippen LogP contribution in [0.25, 0.3) is 0 Å². The lowest BCUT2D eigenvalue weighted by atomic mass is 9.98. The van der Waals surface area contributed by atoms with Gasteiger partial charge in [-0.05, 0) is 24.6 Å². The molecule has 0 spiro atoms. The number of alkyl halides is 1. The number of ether oxygens (including phenoxy) is 1. The van der Waals surface area contributed by atoms with Crippen molar-refractivity contribution < 1.29 is 20.1 Å². The van der Waals surface area contributed by atoms with Crippen LogP contribution in [0, 0.1) is 11.3 Å². The number of halogens is 2. The van der Waals surface area contributed by atoms with Crippen LogP contribution in [-0.2, 0) is 4.74 Å². The van der Waals surface area contributed by atoms with Crippen molar-refractivity contribution in [2.45, 2.75) is 36.6 Å².